The average molecular weight is 124 g/mol. The molecule has 9 heavy (non-hydrogen) atoms. The average Bonchev–Trinajstić information content (AvgIpc) is 2.19. The van der Waals surface area contributed by atoms with Gasteiger partial charge in [-0.3, -0.25) is 0 Å². The number of rotatable bonds is 0. The van der Waals surface area contributed by atoms with E-state index in [0.29, 0.717) is 11.8 Å². The zero-order valence-electron chi connectivity index (χ0n) is 5.67. The van der Waals surface area contributed by atoms with Gasteiger partial charge in [-0.1, -0.05) is 12.2 Å². The van der Waals surface area contributed by atoms with Crippen molar-refractivity contribution >= 4 is 0 Å². The van der Waals surface area contributed by atoms with Gasteiger partial charge < -0.3 is 5.11 Å². The van der Waals surface area contributed by atoms with Crippen LogP contribution in [-0.2, 0) is 0 Å². The lowest BCUT2D eigenvalue weighted by Gasteiger charge is -2.24. The van der Waals surface area contributed by atoms with Gasteiger partial charge in [0.2, 0.25) is 0 Å². The van der Waals surface area contributed by atoms with Crippen molar-refractivity contribution in [3.63, 3.8) is 0 Å². The molecule has 2 rings (SSSR count). The van der Waals surface area contributed by atoms with Crippen molar-refractivity contribution in [2.45, 2.75) is 25.4 Å². The third-order valence-corrected chi connectivity index (χ3v) is 2.65. The van der Waals surface area contributed by atoms with Crippen LogP contribution in [0.25, 0.3) is 0 Å². The standard InChI is InChI=1S/C8H12O/c1-8(9)5-6-2-3-7(8)4-6/h2-3,6-7,9H,4-5H2,1H3/t6-,7+,8+/m1/s1. The summed E-state index contributed by atoms with van der Waals surface area (Å²) in [7, 11) is 0. The van der Waals surface area contributed by atoms with Gasteiger partial charge in [0.05, 0.1) is 5.60 Å². The lowest BCUT2D eigenvalue weighted by molar-refractivity contribution is 0.0344. The molecule has 0 unspecified atom stereocenters. The van der Waals surface area contributed by atoms with E-state index in [4.69, 9.17) is 0 Å². The fraction of sp³-hybridized carbons (Fsp3) is 0.750. The maximum Gasteiger partial charge on any atom is 0.0687 e. The molecule has 0 radical (unpaired) electrons. The van der Waals surface area contributed by atoms with E-state index in [1.807, 2.05) is 6.92 Å². The SMILES string of the molecule is C[C@]1(O)C[C@@H]2C=C[C@H]1C2. The molecule has 50 valence electrons. The Balaban J connectivity index is 2.29. The van der Waals surface area contributed by atoms with E-state index in [0.717, 1.165) is 6.42 Å². The van der Waals surface area contributed by atoms with Crippen LogP contribution in [0.15, 0.2) is 12.2 Å². The molecule has 0 aromatic rings. The molecular formula is C8H12O. The second-order valence-electron chi connectivity index (χ2n) is 3.55. The first-order chi connectivity index (χ1) is 4.18. The minimum atomic E-state index is -0.376. The Hall–Kier alpha value is -0.300. The van der Waals surface area contributed by atoms with Crippen LogP contribution >= 0.6 is 0 Å². The van der Waals surface area contributed by atoms with E-state index in [2.05, 4.69) is 12.2 Å². The Morgan fingerprint density at radius 1 is 1.56 bits per heavy atom. The van der Waals surface area contributed by atoms with Crippen molar-refractivity contribution in [3.8, 4) is 0 Å². The number of aliphatic hydroxyl groups is 1. The summed E-state index contributed by atoms with van der Waals surface area (Å²) in [6.45, 7) is 1.95. The summed E-state index contributed by atoms with van der Waals surface area (Å²) in [6.07, 6.45) is 6.57. The Labute approximate surface area is 55.4 Å². The topological polar surface area (TPSA) is 20.2 Å². The molecule has 2 aliphatic rings. The molecule has 1 heteroatoms. The highest BCUT2D eigenvalue weighted by molar-refractivity contribution is 5.15. The largest absolute Gasteiger partial charge is 0.390 e. The highest BCUT2D eigenvalue weighted by Crippen LogP contribution is 2.45. The Bertz CT molecular complexity index is 158. The minimum Gasteiger partial charge on any atom is -0.390 e. The molecule has 1 nitrogen and oxygen atoms in total. The van der Waals surface area contributed by atoms with E-state index in [1.54, 1.807) is 0 Å². The fourth-order valence-corrected chi connectivity index (χ4v) is 2.07. The zero-order valence-corrected chi connectivity index (χ0v) is 5.67. The van der Waals surface area contributed by atoms with Crippen molar-refractivity contribution in [3.05, 3.63) is 12.2 Å². The molecule has 0 aromatic carbocycles. The van der Waals surface area contributed by atoms with Crippen LogP contribution in [0.2, 0.25) is 0 Å². The predicted octanol–water partition coefficient (Wildman–Crippen LogP) is 1.33. The van der Waals surface area contributed by atoms with Crippen LogP contribution in [0.1, 0.15) is 19.8 Å². The summed E-state index contributed by atoms with van der Waals surface area (Å²) in [5, 5.41) is 9.63. The summed E-state index contributed by atoms with van der Waals surface area (Å²) < 4.78 is 0. The number of allylic oxidation sites excluding steroid dienone is 1. The maximum absolute atomic E-state index is 9.63. The molecule has 0 amide bonds. The van der Waals surface area contributed by atoms with Gasteiger partial charge in [0.15, 0.2) is 0 Å². The Morgan fingerprint density at radius 3 is 2.56 bits per heavy atom. The third-order valence-electron chi connectivity index (χ3n) is 2.65. The van der Waals surface area contributed by atoms with Crippen LogP contribution in [0.5, 0.6) is 0 Å². The van der Waals surface area contributed by atoms with E-state index in [-0.39, 0.29) is 5.60 Å². The Kier molecular flexibility index (Phi) is 0.854. The smallest absolute Gasteiger partial charge is 0.0687 e. The number of fused-ring (bicyclic) bond motifs is 2. The maximum atomic E-state index is 9.63. The van der Waals surface area contributed by atoms with Gasteiger partial charge >= 0.3 is 0 Å². The first-order valence-corrected chi connectivity index (χ1v) is 3.59. The quantitative estimate of drug-likeness (QED) is 0.483. The van der Waals surface area contributed by atoms with Gasteiger partial charge in [-0.25, -0.2) is 0 Å². The van der Waals surface area contributed by atoms with Gasteiger partial charge in [-0.2, -0.15) is 0 Å². The highest BCUT2D eigenvalue weighted by Gasteiger charge is 2.43. The summed E-state index contributed by atoms with van der Waals surface area (Å²) in [5.74, 6) is 1.15. The van der Waals surface area contributed by atoms with E-state index >= 15 is 0 Å². The monoisotopic (exact) mass is 124 g/mol. The first-order valence-electron chi connectivity index (χ1n) is 3.59. The van der Waals surface area contributed by atoms with Crippen molar-refractivity contribution in [1.29, 1.82) is 0 Å². The molecule has 1 fully saturated rings. The minimum absolute atomic E-state index is 0.376. The first kappa shape index (κ1) is 5.48. The molecule has 0 spiro atoms. The van der Waals surface area contributed by atoms with Crippen molar-refractivity contribution in [2.24, 2.45) is 11.8 Å². The molecule has 0 aromatic heterocycles. The van der Waals surface area contributed by atoms with Crippen LogP contribution < -0.4 is 0 Å². The van der Waals surface area contributed by atoms with Crippen LogP contribution in [-0.4, -0.2) is 10.7 Å². The van der Waals surface area contributed by atoms with E-state index in [9.17, 15) is 5.11 Å². The molecule has 1 N–H and O–H groups in total. The van der Waals surface area contributed by atoms with Gasteiger partial charge in [-0.05, 0) is 25.7 Å². The normalized spacial score (nSPS) is 54.9. The lowest BCUT2D eigenvalue weighted by Crippen LogP contribution is -2.28. The zero-order chi connectivity index (χ0) is 6.48. The van der Waals surface area contributed by atoms with Crippen molar-refractivity contribution in [1.82, 2.24) is 0 Å². The van der Waals surface area contributed by atoms with E-state index in [1.165, 1.54) is 6.42 Å². The second-order valence-corrected chi connectivity index (χ2v) is 3.55. The molecule has 2 aliphatic carbocycles. The molecule has 0 saturated heterocycles. The third kappa shape index (κ3) is 0.645. The molecule has 0 aliphatic heterocycles. The Morgan fingerprint density at radius 2 is 2.33 bits per heavy atom. The summed E-state index contributed by atoms with van der Waals surface area (Å²) in [6, 6.07) is 0. The van der Waals surface area contributed by atoms with E-state index < -0.39 is 0 Å². The number of hydrogen-bond acceptors (Lipinski definition) is 1. The van der Waals surface area contributed by atoms with Gasteiger partial charge in [0.25, 0.3) is 0 Å². The molecule has 0 heterocycles. The van der Waals surface area contributed by atoms with Gasteiger partial charge in [0.1, 0.15) is 0 Å². The predicted molar refractivity (Wildman–Crippen MR) is 36.0 cm³/mol. The summed E-state index contributed by atoms with van der Waals surface area (Å²) in [4.78, 5) is 0. The van der Waals surface area contributed by atoms with Crippen molar-refractivity contribution in [2.75, 3.05) is 0 Å². The molecule has 2 bridgehead atoms. The van der Waals surface area contributed by atoms with Crippen LogP contribution in [0.4, 0.5) is 0 Å². The van der Waals surface area contributed by atoms with Gasteiger partial charge in [-0.15, -0.1) is 0 Å². The highest BCUT2D eigenvalue weighted by atomic mass is 16.3. The summed E-state index contributed by atoms with van der Waals surface area (Å²) >= 11 is 0. The van der Waals surface area contributed by atoms with Crippen LogP contribution in [0.3, 0.4) is 0 Å². The van der Waals surface area contributed by atoms with Crippen LogP contribution in [0, 0.1) is 11.8 Å². The lowest BCUT2D eigenvalue weighted by atomic mass is 9.91. The number of hydrogen-bond donors (Lipinski definition) is 1. The molecular weight excluding hydrogens is 112 g/mol. The fourth-order valence-electron chi connectivity index (χ4n) is 2.07. The van der Waals surface area contributed by atoms with Crippen molar-refractivity contribution < 1.29 is 5.11 Å². The molecule has 3 atom stereocenters. The summed E-state index contributed by atoms with van der Waals surface area (Å²) in [5.41, 5.74) is -0.376. The van der Waals surface area contributed by atoms with Gasteiger partial charge in [0, 0.05) is 5.92 Å². The second kappa shape index (κ2) is 1.40. The molecule has 1 saturated carbocycles.